The molecular weight excluding hydrogens is 311 g/mol. The maximum Gasteiger partial charge on any atom is 0.273 e. The number of rotatable bonds is 2. The fourth-order valence-corrected chi connectivity index (χ4v) is 3.01. The van der Waals surface area contributed by atoms with Gasteiger partial charge in [0.25, 0.3) is 5.91 Å². The molecule has 110 valence electrons. The number of fused-ring (bicyclic) bond motifs is 1. The lowest BCUT2D eigenvalue weighted by Crippen LogP contribution is -2.41. The van der Waals surface area contributed by atoms with E-state index in [-0.39, 0.29) is 5.91 Å². The number of carbonyl (C=O) groups is 1. The summed E-state index contributed by atoms with van der Waals surface area (Å²) in [7, 11) is 1.84. The number of amides is 1. The maximum atomic E-state index is 12.1. The van der Waals surface area contributed by atoms with Crippen LogP contribution in [0, 0.1) is 0 Å². The van der Waals surface area contributed by atoms with Crippen molar-refractivity contribution >= 4 is 40.6 Å². The van der Waals surface area contributed by atoms with Gasteiger partial charge in [0.2, 0.25) is 0 Å². The van der Waals surface area contributed by atoms with E-state index in [1.54, 1.807) is 12.1 Å². The summed E-state index contributed by atoms with van der Waals surface area (Å²) in [5, 5.41) is 3.93. The molecule has 2 heterocycles. The predicted octanol–water partition coefficient (Wildman–Crippen LogP) is 3.13. The van der Waals surface area contributed by atoms with E-state index in [1.165, 1.54) is 0 Å². The number of hydrogen-bond donors (Lipinski definition) is 1. The lowest BCUT2D eigenvalue weighted by atomic mass is 10.2. The molecule has 1 aromatic carbocycles. The van der Waals surface area contributed by atoms with Gasteiger partial charge < -0.3 is 14.8 Å². The predicted molar refractivity (Wildman–Crippen MR) is 83.5 cm³/mol. The van der Waals surface area contributed by atoms with Gasteiger partial charge in [0.05, 0.1) is 17.4 Å². The van der Waals surface area contributed by atoms with E-state index in [0.717, 1.165) is 17.9 Å². The molecule has 1 N–H and O–H groups in total. The van der Waals surface area contributed by atoms with Gasteiger partial charge in [-0.15, -0.1) is 0 Å². The van der Waals surface area contributed by atoms with Crippen molar-refractivity contribution in [2.75, 3.05) is 11.6 Å². The zero-order chi connectivity index (χ0) is 15.1. The van der Waals surface area contributed by atoms with Crippen molar-refractivity contribution in [2.24, 2.45) is 7.05 Å². The zero-order valence-corrected chi connectivity index (χ0v) is 13.2. The van der Waals surface area contributed by atoms with Gasteiger partial charge in [-0.2, -0.15) is 0 Å². The number of carbonyl (C=O) groups excluding carboxylic acids is 1. The van der Waals surface area contributed by atoms with Crippen molar-refractivity contribution in [3.8, 4) is 0 Å². The first-order valence-corrected chi connectivity index (χ1v) is 7.35. The van der Waals surface area contributed by atoms with E-state index < -0.39 is 0 Å². The van der Waals surface area contributed by atoms with Crippen LogP contribution in [0.15, 0.2) is 18.2 Å². The number of aromatic nitrogens is 2. The van der Waals surface area contributed by atoms with Gasteiger partial charge in [-0.25, -0.2) is 4.98 Å². The topological polar surface area (TPSA) is 50.2 Å². The van der Waals surface area contributed by atoms with Crippen molar-refractivity contribution in [2.45, 2.75) is 13.3 Å². The molecule has 21 heavy (non-hydrogen) atoms. The Hall–Kier alpha value is -1.72. The summed E-state index contributed by atoms with van der Waals surface area (Å²) in [6.07, 6.45) is 0.749. The first-order chi connectivity index (χ1) is 10.0. The SMILES string of the molecule is CCc1nc2c(n1C)C(=O)NCN2c1ccc(Cl)cc1Cl. The van der Waals surface area contributed by atoms with E-state index in [4.69, 9.17) is 23.2 Å². The van der Waals surface area contributed by atoms with Crippen LogP contribution < -0.4 is 10.2 Å². The number of benzene rings is 1. The molecule has 5 nitrogen and oxygen atoms in total. The summed E-state index contributed by atoms with van der Waals surface area (Å²) in [5.41, 5.74) is 1.31. The monoisotopic (exact) mass is 324 g/mol. The standard InChI is InChI=1S/C14H14Cl2N4O/c1-3-11-18-13-12(19(11)2)14(21)17-7-20(13)10-5-4-8(15)6-9(10)16/h4-6H,3,7H2,1-2H3,(H,17,21). The zero-order valence-electron chi connectivity index (χ0n) is 11.7. The van der Waals surface area contributed by atoms with Gasteiger partial charge in [0.1, 0.15) is 5.82 Å². The number of halogens is 2. The first kappa shape index (κ1) is 14.2. The molecule has 0 bridgehead atoms. The Labute approximate surface area is 132 Å². The highest BCUT2D eigenvalue weighted by Gasteiger charge is 2.30. The molecule has 0 unspecified atom stereocenters. The van der Waals surface area contributed by atoms with Crippen LogP contribution in [0.25, 0.3) is 0 Å². The minimum Gasteiger partial charge on any atom is -0.333 e. The normalized spacial score (nSPS) is 14.1. The van der Waals surface area contributed by atoms with Gasteiger partial charge in [-0.05, 0) is 18.2 Å². The Morgan fingerprint density at radius 2 is 2.14 bits per heavy atom. The van der Waals surface area contributed by atoms with Gasteiger partial charge >= 0.3 is 0 Å². The van der Waals surface area contributed by atoms with E-state index in [1.807, 2.05) is 29.5 Å². The molecule has 0 saturated carbocycles. The first-order valence-electron chi connectivity index (χ1n) is 6.59. The van der Waals surface area contributed by atoms with Crippen molar-refractivity contribution in [1.82, 2.24) is 14.9 Å². The van der Waals surface area contributed by atoms with E-state index in [0.29, 0.717) is 28.2 Å². The van der Waals surface area contributed by atoms with Gasteiger partial charge in [-0.1, -0.05) is 30.1 Å². The maximum absolute atomic E-state index is 12.1. The van der Waals surface area contributed by atoms with Crippen LogP contribution >= 0.6 is 23.2 Å². The van der Waals surface area contributed by atoms with Crippen molar-refractivity contribution in [3.05, 3.63) is 39.8 Å². The Kier molecular flexibility index (Phi) is 3.55. The summed E-state index contributed by atoms with van der Waals surface area (Å²) in [6, 6.07) is 5.27. The van der Waals surface area contributed by atoms with Crippen LogP contribution in [0.3, 0.4) is 0 Å². The van der Waals surface area contributed by atoms with Crippen LogP contribution in [0.2, 0.25) is 10.0 Å². The van der Waals surface area contributed by atoms with Crippen molar-refractivity contribution in [1.29, 1.82) is 0 Å². The quantitative estimate of drug-likeness (QED) is 0.923. The second-order valence-electron chi connectivity index (χ2n) is 4.80. The molecule has 0 radical (unpaired) electrons. The minimum atomic E-state index is -0.124. The molecule has 0 spiro atoms. The third-order valence-electron chi connectivity index (χ3n) is 3.55. The second-order valence-corrected chi connectivity index (χ2v) is 5.64. The molecule has 1 amide bonds. The highest BCUT2D eigenvalue weighted by atomic mass is 35.5. The number of imidazole rings is 1. The Morgan fingerprint density at radius 1 is 1.38 bits per heavy atom. The molecule has 0 fully saturated rings. The number of nitrogens with one attached hydrogen (secondary N) is 1. The Balaban J connectivity index is 2.15. The van der Waals surface area contributed by atoms with Crippen molar-refractivity contribution in [3.63, 3.8) is 0 Å². The third kappa shape index (κ3) is 2.26. The van der Waals surface area contributed by atoms with Crippen LogP contribution in [0.4, 0.5) is 11.5 Å². The number of aryl methyl sites for hydroxylation is 1. The van der Waals surface area contributed by atoms with Crippen molar-refractivity contribution < 1.29 is 4.79 Å². The van der Waals surface area contributed by atoms with Gasteiger partial charge in [-0.3, -0.25) is 4.79 Å². The lowest BCUT2D eigenvalue weighted by molar-refractivity contribution is 0.0941. The van der Waals surface area contributed by atoms with E-state index in [2.05, 4.69) is 10.3 Å². The summed E-state index contributed by atoms with van der Waals surface area (Å²) in [5.74, 6) is 1.36. The average molecular weight is 325 g/mol. The van der Waals surface area contributed by atoms with Crippen LogP contribution in [-0.2, 0) is 13.5 Å². The average Bonchev–Trinajstić information content (AvgIpc) is 2.78. The van der Waals surface area contributed by atoms with E-state index >= 15 is 0 Å². The number of nitrogens with zero attached hydrogens (tertiary/aromatic N) is 3. The summed E-state index contributed by atoms with van der Waals surface area (Å²) < 4.78 is 1.82. The number of hydrogen-bond acceptors (Lipinski definition) is 3. The Bertz CT molecular complexity index is 726. The van der Waals surface area contributed by atoms with Gasteiger partial charge in [0.15, 0.2) is 11.5 Å². The lowest BCUT2D eigenvalue weighted by Gasteiger charge is -2.28. The summed E-state index contributed by atoms with van der Waals surface area (Å²) in [4.78, 5) is 18.6. The molecule has 1 aromatic heterocycles. The Morgan fingerprint density at radius 3 is 2.81 bits per heavy atom. The molecule has 0 saturated heterocycles. The largest absolute Gasteiger partial charge is 0.333 e. The molecule has 1 aliphatic heterocycles. The molecule has 7 heteroatoms. The molecule has 0 atom stereocenters. The third-order valence-corrected chi connectivity index (χ3v) is 4.09. The highest BCUT2D eigenvalue weighted by molar-refractivity contribution is 6.36. The smallest absolute Gasteiger partial charge is 0.273 e. The van der Waals surface area contributed by atoms with Crippen LogP contribution in [-0.4, -0.2) is 22.1 Å². The molecular formula is C14H14Cl2N4O. The molecule has 0 aliphatic carbocycles. The second kappa shape index (κ2) is 5.24. The fraction of sp³-hybridized carbons (Fsp3) is 0.286. The van der Waals surface area contributed by atoms with Crippen LogP contribution in [0.5, 0.6) is 0 Å². The fourth-order valence-electron chi connectivity index (χ4n) is 2.50. The molecule has 3 rings (SSSR count). The molecule has 2 aromatic rings. The van der Waals surface area contributed by atoms with Crippen LogP contribution in [0.1, 0.15) is 23.2 Å². The van der Waals surface area contributed by atoms with E-state index in [9.17, 15) is 4.79 Å². The summed E-state index contributed by atoms with van der Waals surface area (Å²) in [6.45, 7) is 2.33. The molecule has 1 aliphatic rings. The highest BCUT2D eigenvalue weighted by Crippen LogP contribution is 2.36. The minimum absolute atomic E-state index is 0.124. The summed E-state index contributed by atoms with van der Waals surface area (Å²) >= 11 is 12.2. The number of anilines is 2. The van der Waals surface area contributed by atoms with Gasteiger partial charge in [0, 0.05) is 18.5 Å².